The molecule has 70 valence electrons. The molecule has 0 heterocycles. The van der Waals surface area contributed by atoms with Gasteiger partial charge in [0.05, 0.1) is 0 Å². The van der Waals surface area contributed by atoms with Gasteiger partial charge in [0.1, 0.15) is 11.2 Å². The van der Waals surface area contributed by atoms with Crippen molar-refractivity contribution in [3.63, 3.8) is 0 Å². The normalized spacial score (nSPS) is 10.4. The minimum atomic E-state index is -1.09. The van der Waals surface area contributed by atoms with E-state index in [9.17, 15) is 10.5 Å². The first-order valence-corrected chi connectivity index (χ1v) is 3.49. The van der Waals surface area contributed by atoms with E-state index in [-0.39, 0.29) is 103 Å². The van der Waals surface area contributed by atoms with Gasteiger partial charge in [-0.3, -0.25) is 0 Å². The molecule has 0 aliphatic carbocycles. The van der Waals surface area contributed by atoms with Crippen LogP contribution in [-0.2, 0) is 9.78 Å². The van der Waals surface area contributed by atoms with Crippen LogP contribution in [0.15, 0.2) is 0 Å². The predicted octanol–water partition coefficient (Wildman–Crippen LogP) is -6.86. The molecule has 0 aromatic rings. The Kier molecular flexibility index (Phi) is 15.1. The van der Waals surface area contributed by atoms with Gasteiger partial charge in [-0.25, -0.2) is 0 Å². The predicted molar refractivity (Wildman–Crippen MR) is 38.1 cm³/mol. The van der Waals surface area contributed by atoms with Crippen molar-refractivity contribution in [1.29, 1.82) is 0 Å². The van der Waals surface area contributed by atoms with Crippen LogP contribution < -0.4 is 113 Å². The first-order chi connectivity index (χ1) is 5.33. The Morgan fingerprint density at radius 1 is 0.786 bits per heavy atom. The Hall–Kier alpha value is 2.67. The van der Waals surface area contributed by atoms with Gasteiger partial charge in [0, 0.05) is 0 Å². The zero-order chi connectivity index (χ0) is 9.83. The van der Waals surface area contributed by atoms with Crippen molar-refractivity contribution in [1.82, 2.24) is 0 Å². The molecule has 0 amide bonds. The quantitative estimate of drug-likeness (QED) is 0.211. The maximum atomic E-state index is 10.0. The van der Waals surface area contributed by atoms with Gasteiger partial charge >= 0.3 is 103 Å². The summed E-state index contributed by atoms with van der Waals surface area (Å²) in [4.78, 5) is 7.59. The van der Waals surface area contributed by atoms with E-state index in [2.05, 4.69) is 21.6 Å². The van der Waals surface area contributed by atoms with E-state index in [0.717, 1.165) is 0 Å². The summed E-state index contributed by atoms with van der Waals surface area (Å²) < 4.78 is 0. The van der Waals surface area contributed by atoms with Crippen LogP contribution in [0.5, 0.6) is 0 Å². The van der Waals surface area contributed by atoms with Gasteiger partial charge in [-0.15, -0.1) is 0 Å². The Morgan fingerprint density at radius 3 is 1.14 bits per heavy atom. The van der Waals surface area contributed by atoms with Crippen LogP contribution in [0, 0.1) is 11.8 Å². The third-order valence-electron chi connectivity index (χ3n) is 1.08. The molecule has 0 aromatic carbocycles. The first kappa shape index (κ1) is 21.9. The summed E-state index contributed by atoms with van der Waals surface area (Å²) in [7, 11) is 0. The van der Waals surface area contributed by atoms with E-state index in [1.165, 1.54) is 27.7 Å². The molecule has 0 rings (SSSR count). The van der Waals surface area contributed by atoms with Gasteiger partial charge in [0.25, 0.3) is 0 Å². The molecule has 0 unspecified atom stereocenters. The van der Waals surface area contributed by atoms with Crippen LogP contribution >= 0.6 is 0 Å². The molecule has 0 bridgehead atoms. The van der Waals surface area contributed by atoms with Crippen molar-refractivity contribution in [3.05, 3.63) is 0 Å². The van der Waals surface area contributed by atoms with Crippen molar-refractivity contribution < 1.29 is 123 Å². The van der Waals surface area contributed by atoms with E-state index < -0.39 is 11.2 Å². The van der Waals surface area contributed by atoms with Crippen LogP contribution in [-0.4, -0.2) is 11.2 Å². The zero-order valence-corrected chi connectivity index (χ0v) is 15.9. The maximum absolute atomic E-state index is 10.0. The molecule has 0 fully saturated rings. The molecule has 0 aromatic heterocycles. The van der Waals surface area contributed by atoms with E-state index in [1.807, 2.05) is 0 Å². The molecule has 0 N–H and O–H groups in total. The molecule has 0 atom stereocenters. The second kappa shape index (κ2) is 9.68. The Balaban J connectivity index is -0.000000605. The van der Waals surface area contributed by atoms with E-state index in [0.29, 0.717) is 0 Å². The second-order valence-electron chi connectivity index (χ2n) is 3.44. The fourth-order valence-electron chi connectivity index (χ4n) is 0.343. The van der Waals surface area contributed by atoms with Gasteiger partial charge in [0.2, 0.25) is 0 Å². The third kappa shape index (κ3) is 11.2. The fraction of sp³-hybridized carbons (Fsp3) is 0.750. The summed E-state index contributed by atoms with van der Waals surface area (Å²) in [6, 6.07) is 0. The van der Waals surface area contributed by atoms with E-state index in [4.69, 9.17) is 0 Å². The van der Waals surface area contributed by atoms with Crippen LogP contribution in [0.4, 0.5) is 0 Å². The van der Waals surface area contributed by atoms with Gasteiger partial charge in [0.15, 0.2) is 0 Å². The average molecular weight is 250 g/mol. The summed E-state index contributed by atoms with van der Waals surface area (Å²) in [5, 5.41) is 20.1. The number of hydrogen-bond donors (Lipinski definition) is 0. The standard InChI is InChI=1S/C8H14O4.2K/c1-7(2,11-9)5-6-8(3,4)12-10;;/h9-10H,1-4H3;;/q;2*+1/p-2. The Bertz CT molecular complexity index is 185. The van der Waals surface area contributed by atoms with Gasteiger partial charge in [-0.2, -0.15) is 0 Å². The summed E-state index contributed by atoms with van der Waals surface area (Å²) >= 11 is 0. The van der Waals surface area contributed by atoms with Gasteiger partial charge in [-0.1, -0.05) is 11.8 Å². The minimum Gasteiger partial charge on any atom is -0.722 e. The summed E-state index contributed by atoms with van der Waals surface area (Å²) in [5.41, 5.74) is -2.17. The molecule has 0 aliphatic heterocycles. The SMILES string of the molecule is CC(C)(C#CC(C)(C)O[O-])O[O-].[K+].[K+]. The topological polar surface area (TPSA) is 64.6 Å². The molecule has 0 radical (unpaired) electrons. The number of rotatable bonds is 2. The van der Waals surface area contributed by atoms with Crippen molar-refractivity contribution in [3.8, 4) is 11.8 Å². The second-order valence-corrected chi connectivity index (χ2v) is 3.44. The average Bonchev–Trinajstić information content (AvgIpc) is 2.02. The monoisotopic (exact) mass is 250 g/mol. The largest absolute Gasteiger partial charge is 1.00 e. The van der Waals surface area contributed by atoms with Crippen LogP contribution in [0.2, 0.25) is 0 Å². The molecule has 14 heavy (non-hydrogen) atoms. The van der Waals surface area contributed by atoms with E-state index in [1.54, 1.807) is 0 Å². The van der Waals surface area contributed by atoms with Crippen molar-refractivity contribution in [2.75, 3.05) is 0 Å². The minimum absolute atomic E-state index is 0. The molecule has 0 spiro atoms. The van der Waals surface area contributed by atoms with Gasteiger partial charge in [-0.05, 0) is 27.7 Å². The first-order valence-electron chi connectivity index (χ1n) is 3.49. The fourth-order valence-corrected chi connectivity index (χ4v) is 0.343. The van der Waals surface area contributed by atoms with Crippen LogP contribution in [0.25, 0.3) is 0 Å². The van der Waals surface area contributed by atoms with Crippen molar-refractivity contribution >= 4 is 0 Å². The summed E-state index contributed by atoms with van der Waals surface area (Å²) in [6.45, 7) is 6.03. The molecule has 0 saturated carbocycles. The Morgan fingerprint density at radius 2 is 1.00 bits per heavy atom. The molecule has 4 nitrogen and oxygen atoms in total. The molecular weight excluding hydrogens is 238 g/mol. The summed E-state index contributed by atoms with van der Waals surface area (Å²) in [5.74, 6) is 4.98. The zero-order valence-electron chi connectivity index (χ0n) is 9.63. The maximum Gasteiger partial charge on any atom is 1.00 e. The Labute approximate surface area is 170 Å². The third-order valence-corrected chi connectivity index (χ3v) is 1.08. The van der Waals surface area contributed by atoms with Crippen molar-refractivity contribution in [2.45, 2.75) is 38.9 Å². The smallest absolute Gasteiger partial charge is 0.722 e. The van der Waals surface area contributed by atoms with Crippen molar-refractivity contribution in [2.24, 2.45) is 0 Å². The molecular formula is C8H12K2O4. The molecule has 0 saturated heterocycles. The van der Waals surface area contributed by atoms with Crippen LogP contribution in [0.3, 0.4) is 0 Å². The number of hydrogen-bond acceptors (Lipinski definition) is 4. The summed E-state index contributed by atoms with van der Waals surface area (Å²) in [6.07, 6.45) is 0. The van der Waals surface area contributed by atoms with E-state index >= 15 is 0 Å². The molecule has 6 heteroatoms. The molecule has 0 aliphatic rings. The van der Waals surface area contributed by atoms with Crippen LogP contribution in [0.1, 0.15) is 27.7 Å². The van der Waals surface area contributed by atoms with Gasteiger partial charge < -0.3 is 20.3 Å².